The molecule has 3 heterocycles. The van der Waals surface area contributed by atoms with Crippen molar-refractivity contribution in [3.05, 3.63) is 35.1 Å². The smallest absolute Gasteiger partial charge is 0.243 e. The fourth-order valence-corrected chi connectivity index (χ4v) is 4.00. The number of pyridine rings is 1. The van der Waals surface area contributed by atoms with Gasteiger partial charge in [0.1, 0.15) is 17.7 Å². The van der Waals surface area contributed by atoms with Crippen molar-refractivity contribution in [2.45, 2.75) is 25.4 Å². The zero-order valence-corrected chi connectivity index (χ0v) is 16.0. The molecule has 1 aliphatic heterocycles. The molecule has 0 spiro atoms. The molecule has 0 bridgehead atoms. The maximum absolute atomic E-state index is 12.6. The second-order valence-corrected chi connectivity index (χ2v) is 7.42. The molecular weight excluding hydrogens is 380 g/mol. The molecule has 0 aliphatic carbocycles. The van der Waals surface area contributed by atoms with Crippen molar-refractivity contribution >= 4 is 51.7 Å². The number of nitrogen functional groups attached to an aromatic ring is 1. The zero-order chi connectivity index (χ0) is 20.1. The first-order valence-corrected chi connectivity index (χ1v) is 9.40. The molecule has 10 heteroatoms. The molecule has 28 heavy (non-hydrogen) atoms. The Hall–Kier alpha value is -3.27. The van der Waals surface area contributed by atoms with Crippen molar-refractivity contribution < 1.29 is 14.4 Å². The van der Waals surface area contributed by atoms with Gasteiger partial charge in [-0.3, -0.25) is 14.4 Å². The number of thiophene rings is 1. The van der Waals surface area contributed by atoms with Crippen molar-refractivity contribution in [3.63, 3.8) is 0 Å². The number of amides is 2. The normalized spacial score (nSPS) is 18.5. The van der Waals surface area contributed by atoms with Gasteiger partial charge in [-0.1, -0.05) is 0 Å². The summed E-state index contributed by atoms with van der Waals surface area (Å²) < 4.78 is 1.03. The lowest BCUT2D eigenvalue weighted by Gasteiger charge is -2.21. The number of nitrogens with zero attached hydrogens (tertiary/aromatic N) is 3. The minimum Gasteiger partial charge on any atom is -0.384 e. The number of likely N-dealkylation sites (tertiary alicyclic amines) is 1. The number of amidine groups is 1. The molecule has 1 unspecified atom stereocenters. The number of allylic oxidation sites excluding steroid dienone is 1. The largest absolute Gasteiger partial charge is 0.384 e. The molecular formula is C18H20N6O3S. The predicted octanol–water partition coefficient (Wildman–Crippen LogP) is 0.774. The molecule has 2 amide bonds. The van der Waals surface area contributed by atoms with Gasteiger partial charge in [0.25, 0.3) is 0 Å². The number of anilines is 1. The number of hydrogen-bond acceptors (Lipinski definition) is 7. The standard InChI is InChI=1S/C18H20N6O3S/c1-24-14(2-3-17(24)21-7-12(9-25)23-10-26)18(27)22-8-13-4-11-6-20-16(19)5-15(11)28-13/h4-7,9-10,14H,2-3,8H2,1H3,(H2,19,20)(H,22,27)(H,23,26)/b12-7+,21-17?. The highest BCUT2D eigenvalue weighted by Crippen LogP contribution is 2.26. The monoisotopic (exact) mass is 400 g/mol. The first-order chi connectivity index (χ1) is 13.5. The third-order valence-electron chi connectivity index (χ3n) is 4.43. The maximum Gasteiger partial charge on any atom is 0.243 e. The van der Waals surface area contributed by atoms with Crippen LogP contribution >= 0.6 is 11.3 Å². The third-order valence-corrected chi connectivity index (χ3v) is 5.53. The Morgan fingerprint density at radius 3 is 3.04 bits per heavy atom. The topological polar surface area (TPSA) is 130 Å². The van der Waals surface area contributed by atoms with Crippen LogP contribution in [0.25, 0.3) is 10.1 Å². The molecule has 9 nitrogen and oxygen atoms in total. The first kappa shape index (κ1) is 19.5. The summed E-state index contributed by atoms with van der Waals surface area (Å²) in [5.74, 6) is 1.06. The molecule has 2 aromatic rings. The Labute approximate surface area is 165 Å². The number of hydrogen-bond donors (Lipinski definition) is 3. The Balaban J connectivity index is 1.61. The minimum absolute atomic E-state index is 0.0590. The van der Waals surface area contributed by atoms with Crippen LogP contribution in [0.1, 0.15) is 17.7 Å². The average Bonchev–Trinajstić information content (AvgIpc) is 3.25. The molecule has 0 aromatic carbocycles. The Morgan fingerprint density at radius 2 is 2.29 bits per heavy atom. The van der Waals surface area contributed by atoms with Gasteiger partial charge >= 0.3 is 0 Å². The van der Waals surface area contributed by atoms with Crippen LogP contribution in [0.15, 0.2) is 35.2 Å². The van der Waals surface area contributed by atoms with Crippen LogP contribution in [-0.4, -0.2) is 47.4 Å². The lowest BCUT2D eigenvalue weighted by atomic mass is 10.2. The van der Waals surface area contributed by atoms with Crippen molar-refractivity contribution in [1.82, 2.24) is 20.5 Å². The second kappa shape index (κ2) is 8.61. The molecule has 2 aromatic heterocycles. The van der Waals surface area contributed by atoms with E-state index in [9.17, 15) is 14.4 Å². The van der Waals surface area contributed by atoms with E-state index in [0.717, 1.165) is 15.0 Å². The number of likely N-dealkylation sites (N-methyl/N-ethyl adjacent to an activating group) is 1. The SMILES string of the molecule is CN1C(=N/C=C(\C=O)NC=O)CCC1C(=O)NCc1cc2cnc(N)cc2s1. The van der Waals surface area contributed by atoms with E-state index in [1.165, 1.54) is 6.20 Å². The lowest BCUT2D eigenvalue weighted by molar-refractivity contribution is -0.124. The van der Waals surface area contributed by atoms with Gasteiger partial charge in [-0.05, 0) is 18.6 Å². The summed E-state index contributed by atoms with van der Waals surface area (Å²) in [6.45, 7) is 0.424. The number of aldehydes is 1. The van der Waals surface area contributed by atoms with E-state index < -0.39 is 0 Å². The summed E-state index contributed by atoms with van der Waals surface area (Å²) in [6.07, 6.45) is 5.15. The van der Waals surface area contributed by atoms with E-state index in [4.69, 9.17) is 5.73 Å². The average molecular weight is 400 g/mol. The van der Waals surface area contributed by atoms with E-state index >= 15 is 0 Å². The van der Waals surface area contributed by atoms with Crippen molar-refractivity contribution in [1.29, 1.82) is 0 Å². The first-order valence-electron chi connectivity index (χ1n) is 8.58. The number of nitrogens with one attached hydrogen (secondary N) is 2. The maximum atomic E-state index is 12.6. The molecule has 0 radical (unpaired) electrons. The van der Waals surface area contributed by atoms with Crippen LogP contribution in [0.2, 0.25) is 0 Å². The van der Waals surface area contributed by atoms with Gasteiger partial charge in [0.2, 0.25) is 12.3 Å². The van der Waals surface area contributed by atoms with E-state index in [0.29, 0.717) is 43.7 Å². The summed E-state index contributed by atoms with van der Waals surface area (Å²) >= 11 is 1.57. The summed E-state index contributed by atoms with van der Waals surface area (Å²) in [5.41, 5.74) is 5.76. The van der Waals surface area contributed by atoms with Gasteiger partial charge in [-0.25, -0.2) is 9.98 Å². The number of carbonyl (C=O) groups excluding carboxylic acids is 3. The predicted molar refractivity (Wildman–Crippen MR) is 107 cm³/mol. The van der Waals surface area contributed by atoms with Crippen LogP contribution in [0.4, 0.5) is 5.82 Å². The Kier molecular flexibility index (Phi) is 5.99. The van der Waals surface area contributed by atoms with Crippen molar-refractivity contribution in [2.24, 2.45) is 4.99 Å². The quantitative estimate of drug-likeness (QED) is 0.465. The van der Waals surface area contributed by atoms with Gasteiger partial charge in [0, 0.05) is 34.6 Å². The third kappa shape index (κ3) is 4.34. The Morgan fingerprint density at radius 1 is 1.46 bits per heavy atom. The summed E-state index contributed by atoms with van der Waals surface area (Å²) in [6, 6.07) is 3.47. The van der Waals surface area contributed by atoms with E-state index in [-0.39, 0.29) is 17.6 Å². The highest BCUT2D eigenvalue weighted by atomic mass is 32.1. The van der Waals surface area contributed by atoms with Crippen molar-refractivity contribution in [2.75, 3.05) is 12.8 Å². The number of nitrogens with two attached hydrogens (primary N) is 1. The van der Waals surface area contributed by atoms with Gasteiger partial charge < -0.3 is 21.3 Å². The van der Waals surface area contributed by atoms with E-state index in [2.05, 4.69) is 20.6 Å². The van der Waals surface area contributed by atoms with Gasteiger partial charge in [0.15, 0.2) is 6.29 Å². The number of aromatic nitrogens is 1. The zero-order valence-electron chi connectivity index (χ0n) is 15.2. The van der Waals surface area contributed by atoms with Gasteiger partial charge in [-0.2, -0.15) is 0 Å². The molecule has 0 saturated carbocycles. The number of fused-ring (bicyclic) bond motifs is 1. The number of rotatable bonds is 7. The Bertz CT molecular complexity index is 967. The summed E-state index contributed by atoms with van der Waals surface area (Å²) in [5, 5.41) is 6.21. The van der Waals surface area contributed by atoms with E-state index in [1.54, 1.807) is 29.5 Å². The molecule has 1 aliphatic rings. The van der Waals surface area contributed by atoms with Gasteiger partial charge in [-0.15, -0.1) is 11.3 Å². The second-order valence-electron chi connectivity index (χ2n) is 6.25. The highest BCUT2D eigenvalue weighted by Gasteiger charge is 2.31. The van der Waals surface area contributed by atoms with Crippen LogP contribution < -0.4 is 16.4 Å². The van der Waals surface area contributed by atoms with Crippen LogP contribution in [0, 0.1) is 0 Å². The fraction of sp³-hybridized carbons (Fsp3) is 0.278. The van der Waals surface area contributed by atoms with E-state index in [1.807, 2.05) is 12.1 Å². The van der Waals surface area contributed by atoms with Crippen LogP contribution in [0.3, 0.4) is 0 Å². The van der Waals surface area contributed by atoms with Crippen LogP contribution in [-0.2, 0) is 20.9 Å². The summed E-state index contributed by atoms with van der Waals surface area (Å²) in [7, 11) is 1.78. The highest BCUT2D eigenvalue weighted by molar-refractivity contribution is 7.19. The fourth-order valence-electron chi connectivity index (χ4n) is 2.97. The van der Waals surface area contributed by atoms with Crippen molar-refractivity contribution in [3.8, 4) is 0 Å². The molecule has 1 atom stereocenters. The number of aliphatic imine (C=N–C) groups is 1. The molecule has 146 valence electrons. The van der Waals surface area contributed by atoms with Crippen LogP contribution in [0.5, 0.6) is 0 Å². The molecule has 1 fully saturated rings. The molecule has 1 saturated heterocycles. The van der Waals surface area contributed by atoms with Gasteiger partial charge in [0.05, 0.1) is 18.4 Å². The summed E-state index contributed by atoms with van der Waals surface area (Å²) in [4.78, 5) is 44.9. The molecule has 4 N–H and O–H groups in total. The lowest BCUT2D eigenvalue weighted by Crippen LogP contribution is -2.42. The molecule has 3 rings (SSSR count). The number of carbonyl (C=O) groups is 3. The minimum atomic E-state index is -0.336.